The quantitative estimate of drug-likeness (QED) is 0.712. The molecule has 0 aromatic carbocycles. The first kappa shape index (κ1) is 13.9. The fourth-order valence-electron chi connectivity index (χ4n) is 2.13. The van der Waals surface area contributed by atoms with Crippen molar-refractivity contribution in [2.75, 3.05) is 38.2 Å². The molecule has 0 amide bonds. The first-order valence-electron chi connectivity index (χ1n) is 6.14. The Balaban J connectivity index is 2.34. The second-order valence-corrected chi connectivity index (χ2v) is 6.98. The van der Waals surface area contributed by atoms with Crippen molar-refractivity contribution in [3.63, 3.8) is 0 Å². The van der Waals surface area contributed by atoms with E-state index in [1.807, 2.05) is 0 Å². The van der Waals surface area contributed by atoms with Gasteiger partial charge in [-0.3, -0.25) is 0 Å². The normalized spacial score (nSPS) is 21.8. The van der Waals surface area contributed by atoms with Crippen LogP contribution in [-0.2, 0) is 9.84 Å². The molecule has 1 fully saturated rings. The zero-order chi connectivity index (χ0) is 12.0. The van der Waals surface area contributed by atoms with Crippen molar-refractivity contribution in [1.82, 2.24) is 10.2 Å². The van der Waals surface area contributed by atoms with E-state index < -0.39 is 9.84 Å². The van der Waals surface area contributed by atoms with Gasteiger partial charge in [0.2, 0.25) is 0 Å². The third kappa shape index (κ3) is 5.82. The molecule has 0 spiro atoms. The Morgan fingerprint density at radius 3 is 2.62 bits per heavy atom. The lowest BCUT2D eigenvalue weighted by molar-refractivity contribution is 0.262. The lowest BCUT2D eigenvalue weighted by Crippen LogP contribution is -2.40. The molecule has 1 atom stereocenters. The molecule has 1 aliphatic rings. The average Bonchev–Trinajstić information content (AvgIpc) is 2.66. The van der Waals surface area contributed by atoms with Crippen molar-refractivity contribution in [3.05, 3.63) is 0 Å². The summed E-state index contributed by atoms with van der Waals surface area (Å²) in [5.74, 6) is 0.278. The highest BCUT2D eigenvalue weighted by atomic mass is 32.2. The fourth-order valence-corrected chi connectivity index (χ4v) is 2.72. The molecule has 16 heavy (non-hydrogen) atoms. The summed E-state index contributed by atoms with van der Waals surface area (Å²) < 4.78 is 22.3. The summed E-state index contributed by atoms with van der Waals surface area (Å²) in [7, 11) is -2.83. The summed E-state index contributed by atoms with van der Waals surface area (Å²) >= 11 is 0. The number of rotatable bonds is 7. The lowest BCUT2D eigenvalue weighted by Gasteiger charge is -2.24. The van der Waals surface area contributed by atoms with Crippen LogP contribution in [0.15, 0.2) is 0 Å². The third-order valence-electron chi connectivity index (χ3n) is 2.96. The summed E-state index contributed by atoms with van der Waals surface area (Å²) in [5.41, 5.74) is 0. The van der Waals surface area contributed by atoms with Gasteiger partial charge in [0.25, 0.3) is 0 Å². The van der Waals surface area contributed by atoms with E-state index in [0.717, 1.165) is 26.1 Å². The summed E-state index contributed by atoms with van der Waals surface area (Å²) in [5, 5.41) is 3.45. The topological polar surface area (TPSA) is 49.4 Å². The van der Waals surface area contributed by atoms with Crippen LogP contribution in [0.5, 0.6) is 0 Å². The molecule has 0 bridgehead atoms. The van der Waals surface area contributed by atoms with E-state index in [1.54, 1.807) is 0 Å². The maximum atomic E-state index is 11.1. The van der Waals surface area contributed by atoms with Crippen molar-refractivity contribution >= 4 is 9.84 Å². The van der Waals surface area contributed by atoms with Gasteiger partial charge in [-0.2, -0.15) is 0 Å². The Labute approximate surface area is 99.3 Å². The minimum absolute atomic E-state index is 0.278. The molecule has 96 valence electrons. The van der Waals surface area contributed by atoms with Crippen LogP contribution in [0.4, 0.5) is 0 Å². The van der Waals surface area contributed by atoms with E-state index in [-0.39, 0.29) is 5.75 Å². The first-order chi connectivity index (χ1) is 7.51. The number of hydrogen-bond donors (Lipinski definition) is 1. The highest BCUT2D eigenvalue weighted by Crippen LogP contribution is 2.07. The molecule has 0 aromatic heterocycles. The van der Waals surface area contributed by atoms with Gasteiger partial charge in [0, 0.05) is 25.4 Å². The predicted molar refractivity (Wildman–Crippen MR) is 67.5 cm³/mol. The maximum absolute atomic E-state index is 11.1. The molecule has 1 heterocycles. The first-order valence-corrected chi connectivity index (χ1v) is 8.21. The van der Waals surface area contributed by atoms with Gasteiger partial charge in [0.15, 0.2) is 0 Å². The summed E-state index contributed by atoms with van der Waals surface area (Å²) in [4.78, 5) is 2.27. The van der Waals surface area contributed by atoms with E-state index in [4.69, 9.17) is 0 Å². The van der Waals surface area contributed by atoms with Gasteiger partial charge in [-0.15, -0.1) is 0 Å². The van der Waals surface area contributed by atoms with Gasteiger partial charge >= 0.3 is 0 Å². The predicted octanol–water partition coefficient (Wildman–Crippen LogP) is 0.495. The van der Waals surface area contributed by atoms with E-state index in [1.165, 1.54) is 19.1 Å². The van der Waals surface area contributed by atoms with E-state index in [2.05, 4.69) is 17.1 Å². The highest BCUT2D eigenvalue weighted by molar-refractivity contribution is 7.90. The van der Waals surface area contributed by atoms with Crippen LogP contribution in [0.1, 0.15) is 26.2 Å². The van der Waals surface area contributed by atoms with Crippen LogP contribution in [0.3, 0.4) is 0 Å². The van der Waals surface area contributed by atoms with Crippen molar-refractivity contribution in [1.29, 1.82) is 0 Å². The van der Waals surface area contributed by atoms with Crippen molar-refractivity contribution in [3.8, 4) is 0 Å². The largest absolute Gasteiger partial charge is 0.313 e. The molecule has 0 radical (unpaired) electrons. The molecular weight excluding hydrogens is 224 g/mol. The second kappa shape index (κ2) is 6.57. The Bertz CT molecular complexity index is 284. The highest BCUT2D eigenvalue weighted by Gasteiger charge is 2.18. The Kier molecular flexibility index (Phi) is 5.72. The molecule has 0 saturated carbocycles. The smallest absolute Gasteiger partial charge is 0.148 e. The number of hydrogen-bond acceptors (Lipinski definition) is 4. The van der Waals surface area contributed by atoms with Crippen LogP contribution < -0.4 is 5.32 Å². The minimum atomic E-state index is -2.83. The summed E-state index contributed by atoms with van der Waals surface area (Å²) in [6.45, 7) is 5.90. The van der Waals surface area contributed by atoms with Gasteiger partial charge < -0.3 is 10.2 Å². The monoisotopic (exact) mass is 248 g/mol. The number of nitrogens with one attached hydrogen (secondary N) is 1. The van der Waals surface area contributed by atoms with Crippen LogP contribution >= 0.6 is 0 Å². The van der Waals surface area contributed by atoms with Crippen molar-refractivity contribution < 1.29 is 8.42 Å². The van der Waals surface area contributed by atoms with Crippen molar-refractivity contribution in [2.45, 2.75) is 32.2 Å². The van der Waals surface area contributed by atoms with Crippen molar-refractivity contribution in [2.24, 2.45) is 0 Å². The molecule has 1 saturated heterocycles. The average molecular weight is 248 g/mol. The maximum Gasteiger partial charge on any atom is 0.148 e. The zero-order valence-corrected chi connectivity index (χ0v) is 11.2. The van der Waals surface area contributed by atoms with Gasteiger partial charge in [0.1, 0.15) is 9.84 Å². The minimum Gasteiger partial charge on any atom is -0.313 e. The van der Waals surface area contributed by atoms with E-state index in [9.17, 15) is 8.42 Å². The Morgan fingerprint density at radius 1 is 1.38 bits per heavy atom. The third-order valence-corrected chi connectivity index (χ3v) is 3.88. The number of sulfone groups is 1. The van der Waals surface area contributed by atoms with Gasteiger partial charge in [-0.25, -0.2) is 8.42 Å². The Morgan fingerprint density at radius 2 is 2.12 bits per heavy atom. The summed E-state index contributed by atoms with van der Waals surface area (Å²) in [6, 6.07) is 0.561. The molecular formula is C11H24N2O2S. The van der Waals surface area contributed by atoms with Gasteiger partial charge in [-0.1, -0.05) is 6.92 Å². The van der Waals surface area contributed by atoms with E-state index in [0.29, 0.717) is 12.6 Å². The molecule has 1 aliphatic heterocycles. The van der Waals surface area contributed by atoms with Crippen LogP contribution in [0.25, 0.3) is 0 Å². The molecule has 1 unspecified atom stereocenters. The van der Waals surface area contributed by atoms with Crippen LogP contribution in [0.2, 0.25) is 0 Å². The summed E-state index contributed by atoms with van der Waals surface area (Å²) in [6.07, 6.45) is 4.86. The molecule has 0 aromatic rings. The van der Waals surface area contributed by atoms with E-state index >= 15 is 0 Å². The SMILES string of the molecule is CCCN(CCS(C)(=O)=O)CC1CCCN1. The zero-order valence-electron chi connectivity index (χ0n) is 10.4. The van der Waals surface area contributed by atoms with Crippen LogP contribution in [0, 0.1) is 0 Å². The standard InChI is InChI=1S/C11H24N2O2S/c1-3-7-13(8-9-16(2,14)15)10-11-5-4-6-12-11/h11-12H,3-10H2,1-2H3. The van der Waals surface area contributed by atoms with Crippen LogP contribution in [-0.4, -0.2) is 57.5 Å². The Hall–Kier alpha value is -0.130. The molecule has 5 heteroatoms. The number of nitrogens with zero attached hydrogens (tertiary/aromatic N) is 1. The van der Waals surface area contributed by atoms with Gasteiger partial charge in [0.05, 0.1) is 5.75 Å². The lowest BCUT2D eigenvalue weighted by atomic mass is 10.2. The molecule has 0 aliphatic carbocycles. The molecule has 1 N–H and O–H groups in total. The fraction of sp³-hybridized carbons (Fsp3) is 1.00. The van der Waals surface area contributed by atoms with Gasteiger partial charge in [-0.05, 0) is 32.4 Å². The molecule has 1 rings (SSSR count). The molecule has 4 nitrogen and oxygen atoms in total. The second-order valence-electron chi connectivity index (χ2n) is 4.72.